The van der Waals surface area contributed by atoms with E-state index >= 15 is 0 Å². The van der Waals surface area contributed by atoms with Crippen LogP contribution in [-0.2, 0) is 4.79 Å². The van der Waals surface area contributed by atoms with Crippen molar-refractivity contribution in [2.45, 2.75) is 117 Å². The summed E-state index contributed by atoms with van der Waals surface area (Å²) in [6, 6.07) is -0.454. The molecule has 25 heavy (non-hydrogen) atoms. The van der Waals surface area contributed by atoms with E-state index in [1.807, 2.05) is 0 Å². The monoisotopic (exact) mass is 347 g/mol. The van der Waals surface area contributed by atoms with Crippen molar-refractivity contribution in [1.82, 2.24) is 4.90 Å². The van der Waals surface area contributed by atoms with Gasteiger partial charge >= 0.3 is 18.9 Å². The first-order valence-corrected chi connectivity index (χ1v) is 10.6. The Hall–Kier alpha value is 0.0274. The van der Waals surface area contributed by atoms with Gasteiger partial charge in [-0.15, -0.1) is 0 Å². The van der Waals surface area contributed by atoms with Crippen molar-refractivity contribution in [2.75, 3.05) is 13.1 Å². The molecule has 0 amide bonds. The molecule has 4 heteroatoms. The second-order valence-electron chi connectivity index (χ2n) is 7.27. The third kappa shape index (κ3) is 17.2. The molecular weight excluding hydrogens is 305 g/mol. The fourth-order valence-corrected chi connectivity index (χ4v) is 3.19. The van der Waals surface area contributed by atoms with E-state index in [0.29, 0.717) is 0 Å². The Morgan fingerprint density at radius 2 is 1.04 bits per heavy atom. The molecule has 144 valence electrons. The Balaban J connectivity index is 0. The number of rotatable bonds is 18. The number of unbranched alkanes of at least 4 members (excludes halogenated alkanes) is 12. The normalized spacial score (nSPS) is 12.2. The standard InChI is InChI=1S/C21H43NO2.Li/c1-4-6-8-10-12-14-16-18-22(20(3)21(23)24)19-17-15-13-11-9-7-5-2;/h20H,4-19H2,1-3H3,(H,23,24);/q;+1/p-1. The van der Waals surface area contributed by atoms with Crippen LogP contribution in [0.4, 0.5) is 0 Å². The molecule has 0 saturated heterocycles. The van der Waals surface area contributed by atoms with Crippen LogP contribution < -0.4 is 24.0 Å². The van der Waals surface area contributed by atoms with E-state index < -0.39 is 12.0 Å². The summed E-state index contributed by atoms with van der Waals surface area (Å²) in [7, 11) is 0. The summed E-state index contributed by atoms with van der Waals surface area (Å²) in [4.78, 5) is 13.3. The quantitative estimate of drug-likeness (QED) is 0.281. The predicted octanol–water partition coefficient (Wildman–Crippen LogP) is 1.93. The van der Waals surface area contributed by atoms with Crippen LogP contribution in [0.3, 0.4) is 0 Å². The van der Waals surface area contributed by atoms with Crippen molar-refractivity contribution in [2.24, 2.45) is 0 Å². The van der Waals surface area contributed by atoms with Gasteiger partial charge in [-0.05, 0) is 32.9 Å². The molecule has 0 saturated carbocycles. The number of aliphatic carboxylic acids is 1. The molecule has 3 nitrogen and oxygen atoms in total. The molecule has 0 N–H and O–H groups in total. The van der Waals surface area contributed by atoms with Crippen LogP contribution in [0.5, 0.6) is 0 Å². The first kappa shape index (κ1) is 27.2. The molecule has 0 aromatic heterocycles. The van der Waals surface area contributed by atoms with Gasteiger partial charge in [-0.3, -0.25) is 4.90 Å². The van der Waals surface area contributed by atoms with Gasteiger partial charge in [0, 0.05) is 6.04 Å². The maximum Gasteiger partial charge on any atom is 1.00 e. The first-order valence-electron chi connectivity index (χ1n) is 10.6. The molecule has 0 bridgehead atoms. The van der Waals surface area contributed by atoms with Crippen molar-refractivity contribution in [3.8, 4) is 0 Å². The van der Waals surface area contributed by atoms with Crippen LogP contribution in [0.15, 0.2) is 0 Å². The van der Waals surface area contributed by atoms with Crippen LogP contribution in [0.2, 0.25) is 0 Å². The third-order valence-corrected chi connectivity index (χ3v) is 4.99. The van der Waals surface area contributed by atoms with E-state index in [1.54, 1.807) is 6.92 Å². The Morgan fingerprint density at radius 3 is 1.36 bits per heavy atom. The summed E-state index contributed by atoms with van der Waals surface area (Å²) >= 11 is 0. The van der Waals surface area contributed by atoms with E-state index in [1.165, 1.54) is 77.0 Å². The number of carboxylic acids is 1. The van der Waals surface area contributed by atoms with Gasteiger partial charge in [-0.1, -0.05) is 90.9 Å². The number of carbonyl (C=O) groups is 1. The molecule has 0 rings (SSSR count). The molecule has 1 unspecified atom stereocenters. The van der Waals surface area contributed by atoms with Crippen LogP contribution in [0, 0.1) is 0 Å². The number of nitrogens with zero attached hydrogens (tertiary/aromatic N) is 1. The average Bonchev–Trinajstić information content (AvgIpc) is 2.57. The van der Waals surface area contributed by atoms with E-state index in [4.69, 9.17) is 0 Å². The zero-order valence-electron chi connectivity index (χ0n) is 17.7. The Labute approximate surface area is 169 Å². The minimum Gasteiger partial charge on any atom is -0.548 e. The summed E-state index contributed by atoms with van der Waals surface area (Å²) < 4.78 is 0. The topological polar surface area (TPSA) is 43.4 Å². The molecule has 0 fully saturated rings. The first-order chi connectivity index (χ1) is 11.6. The summed E-state index contributed by atoms with van der Waals surface area (Å²) in [5.74, 6) is -0.930. The number of carboxylic acid groups (broad SMARTS) is 1. The molecule has 0 aliphatic heterocycles. The van der Waals surface area contributed by atoms with Crippen molar-refractivity contribution in [1.29, 1.82) is 0 Å². The van der Waals surface area contributed by atoms with Crippen molar-refractivity contribution in [3.05, 3.63) is 0 Å². The molecule has 0 aromatic carbocycles. The molecule has 0 aromatic rings. The second kappa shape index (κ2) is 20.3. The van der Waals surface area contributed by atoms with Gasteiger partial charge in [-0.25, -0.2) is 0 Å². The molecule has 0 heterocycles. The molecule has 1 atom stereocenters. The molecular formula is C21H42LiNO2. The van der Waals surface area contributed by atoms with E-state index in [2.05, 4.69) is 18.7 Å². The maximum atomic E-state index is 11.2. The van der Waals surface area contributed by atoms with Crippen LogP contribution in [-0.4, -0.2) is 30.0 Å². The summed E-state index contributed by atoms with van der Waals surface area (Å²) in [5, 5.41) is 11.2. The van der Waals surface area contributed by atoms with Crippen LogP contribution >= 0.6 is 0 Å². The number of hydrogen-bond acceptors (Lipinski definition) is 3. The van der Waals surface area contributed by atoms with Crippen molar-refractivity contribution < 1.29 is 28.8 Å². The second-order valence-corrected chi connectivity index (χ2v) is 7.27. The number of hydrogen-bond donors (Lipinski definition) is 0. The molecule has 0 spiro atoms. The van der Waals surface area contributed by atoms with Gasteiger partial charge in [-0.2, -0.15) is 0 Å². The van der Waals surface area contributed by atoms with Gasteiger partial charge < -0.3 is 9.90 Å². The largest absolute Gasteiger partial charge is 1.00 e. The van der Waals surface area contributed by atoms with Crippen molar-refractivity contribution in [3.63, 3.8) is 0 Å². The molecule has 0 aliphatic rings. The SMILES string of the molecule is CCCCCCCCCN(CCCCCCCCC)C(C)C(=O)[O-].[Li+]. The predicted molar refractivity (Wildman–Crippen MR) is 102 cm³/mol. The Kier molecular flexibility index (Phi) is 22.2. The maximum absolute atomic E-state index is 11.2. The zero-order valence-corrected chi connectivity index (χ0v) is 17.7. The van der Waals surface area contributed by atoms with E-state index in [9.17, 15) is 9.90 Å². The molecule has 0 aliphatic carbocycles. The third-order valence-electron chi connectivity index (χ3n) is 4.99. The summed E-state index contributed by atoms with van der Waals surface area (Å²) in [6.07, 6.45) is 17.8. The fraction of sp³-hybridized carbons (Fsp3) is 0.952. The fourth-order valence-electron chi connectivity index (χ4n) is 3.19. The summed E-state index contributed by atoms with van der Waals surface area (Å²) in [6.45, 7) is 8.06. The van der Waals surface area contributed by atoms with Gasteiger partial charge in [0.25, 0.3) is 0 Å². The van der Waals surface area contributed by atoms with Gasteiger partial charge in [0.1, 0.15) is 0 Å². The Morgan fingerprint density at radius 1 is 0.720 bits per heavy atom. The van der Waals surface area contributed by atoms with Crippen LogP contribution in [0.25, 0.3) is 0 Å². The average molecular weight is 348 g/mol. The van der Waals surface area contributed by atoms with E-state index in [0.717, 1.165) is 25.9 Å². The summed E-state index contributed by atoms with van der Waals surface area (Å²) in [5.41, 5.74) is 0. The number of carbonyl (C=O) groups excluding carboxylic acids is 1. The van der Waals surface area contributed by atoms with Gasteiger partial charge in [0.05, 0.1) is 5.97 Å². The van der Waals surface area contributed by atoms with Gasteiger partial charge in [0.2, 0.25) is 0 Å². The minimum atomic E-state index is -0.930. The van der Waals surface area contributed by atoms with E-state index in [-0.39, 0.29) is 18.9 Å². The van der Waals surface area contributed by atoms with Gasteiger partial charge in [0.15, 0.2) is 0 Å². The van der Waals surface area contributed by atoms with Crippen molar-refractivity contribution >= 4 is 5.97 Å². The zero-order chi connectivity index (χ0) is 18.0. The molecule has 0 radical (unpaired) electrons. The smallest absolute Gasteiger partial charge is 0.548 e. The Bertz CT molecular complexity index is 269. The minimum absolute atomic E-state index is 0. The van der Waals surface area contributed by atoms with Crippen LogP contribution in [0.1, 0.15) is 111 Å².